The number of aromatic nitrogens is 2. The van der Waals surface area contributed by atoms with Crippen molar-refractivity contribution >= 4 is 33.0 Å². The topological polar surface area (TPSA) is 77.1 Å². The molecule has 0 aliphatic carbocycles. The SMILES string of the molecule is C=CC(=O)N1CC(N2CCN3c4ccc(-c5cc(Br)cn6ncc(C#N)c56)cc4OC[C@@H]3C2)C1. The van der Waals surface area contributed by atoms with Gasteiger partial charge in [0.25, 0.3) is 0 Å². The Labute approximate surface area is 205 Å². The van der Waals surface area contributed by atoms with Gasteiger partial charge in [0.15, 0.2) is 0 Å². The molecule has 2 aromatic heterocycles. The summed E-state index contributed by atoms with van der Waals surface area (Å²) in [6, 6.07) is 11.3. The summed E-state index contributed by atoms with van der Waals surface area (Å²) in [4.78, 5) is 18.5. The summed E-state index contributed by atoms with van der Waals surface area (Å²) in [7, 11) is 0. The third-order valence-corrected chi connectivity index (χ3v) is 7.52. The fourth-order valence-electron chi connectivity index (χ4n) is 5.28. The lowest BCUT2D eigenvalue weighted by molar-refractivity contribution is -0.133. The molecule has 8 nitrogen and oxygen atoms in total. The molecule has 3 aromatic rings. The van der Waals surface area contributed by atoms with E-state index in [9.17, 15) is 10.1 Å². The number of carbonyl (C=O) groups excluding carboxylic acids is 1. The van der Waals surface area contributed by atoms with E-state index in [1.54, 1.807) is 10.7 Å². The highest BCUT2D eigenvalue weighted by atomic mass is 79.9. The molecule has 9 heteroatoms. The van der Waals surface area contributed by atoms with E-state index in [0.717, 1.165) is 65.3 Å². The van der Waals surface area contributed by atoms with E-state index in [4.69, 9.17) is 4.74 Å². The second-order valence-electron chi connectivity index (χ2n) is 8.97. The molecule has 0 radical (unpaired) electrons. The number of anilines is 1. The van der Waals surface area contributed by atoms with E-state index < -0.39 is 0 Å². The fraction of sp³-hybridized carbons (Fsp3) is 0.320. The first-order valence-electron chi connectivity index (χ1n) is 11.3. The molecule has 5 heterocycles. The monoisotopic (exact) mass is 518 g/mol. The maximum Gasteiger partial charge on any atom is 0.246 e. The number of rotatable bonds is 3. The molecule has 0 N–H and O–H groups in total. The molecule has 6 rings (SSSR count). The summed E-state index contributed by atoms with van der Waals surface area (Å²) in [6.07, 6.45) is 4.84. The summed E-state index contributed by atoms with van der Waals surface area (Å²) in [5.74, 6) is 0.880. The number of benzene rings is 1. The summed E-state index contributed by atoms with van der Waals surface area (Å²) >= 11 is 3.56. The number of nitriles is 1. The van der Waals surface area contributed by atoms with Crippen molar-refractivity contribution in [3.05, 3.63) is 59.4 Å². The van der Waals surface area contributed by atoms with Crippen LogP contribution in [0.5, 0.6) is 5.75 Å². The van der Waals surface area contributed by atoms with Gasteiger partial charge in [0.05, 0.1) is 29.0 Å². The van der Waals surface area contributed by atoms with E-state index in [-0.39, 0.29) is 11.9 Å². The summed E-state index contributed by atoms with van der Waals surface area (Å²) in [5.41, 5.74) is 4.36. The average molecular weight is 519 g/mol. The van der Waals surface area contributed by atoms with Crippen molar-refractivity contribution in [1.82, 2.24) is 19.4 Å². The number of halogens is 1. The lowest BCUT2D eigenvalue weighted by atomic mass is 9.99. The number of ether oxygens (including phenoxy) is 1. The third-order valence-electron chi connectivity index (χ3n) is 7.09. The highest BCUT2D eigenvalue weighted by Crippen LogP contribution is 2.40. The number of likely N-dealkylation sites (tertiary alicyclic amines) is 1. The Morgan fingerprint density at radius 2 is 2.09 bits per heavy atom. The van der Waals surface area contributed by atoms with E-state index in [0.29, 0.717) is 18.2 Å². The van der Waals surface area contributed by atoms with E-state index in [2.05, 4.69) is 61.7 Å². The lowest BCUT2D eigenvalue weighted by Gasteiger charge is -2.51. The largest absolute Gasteiger partial charge is 0.489 e. The molecule has 34 heavy (non-hydrogen) atoms. The fourth-order valence-corrected chi connectivity index (χ4v) is 5.70. The number of nitrogens with zero attached hydrogens (tertiary/aromatic N) is 6. The van der Waals surface area contributed by atoms with Crippen LogP contribution in [0.15, 0.2) is 53.8 Å². The first-order valence-corrected chi connectivity index (χ1v) is 12.1. The quantitative estimate of drug-likeness (QED) is 0.496. The van der Waals surface area contributed by atoms with Crippen LogP contribution >= 0.6 is 15.9 Å². The van der Waals surface area contributed by atoms with Gasteiger partial charge in [-0.1, -0.05) is 12.6 Å². The molecule has 1 atom stereocenters. The predicted octanol–water partition coefficient (Wildman–Crippen LogP) is 2.92. The molecular formula is C25H23BrN6O2. The maximum atomic E-state index is 11.8. The van der Waals surface area contributed by atoms with Crippen molar-refractivity contribution < 1.29 is 9.53 Å². The number of hydrogen-bond acceptors (Lipinski definition) is 6. The molecule has 1 amide bonds. The number of fused-ring (bicyclic) bond motifs is 4. The number of amides is 1. The molecule has 0 unspecified atom stereocenters. The van der Waals surface area contributed by atoms with Gasteiger partial charge in [0.1, 0.15) is 18.4 Å². The van der Waals surface area contributed by atoms with Crippen molar-refractivity contribution in [2.75, 3.05) is 44.2 Å². The van der Waals surface area contributed by atoms with Gasteiger partial charge in [-0.15, -0.1) is 0 Å². The molecule has 3 aliphatic heterocycles. The first kappa shape index (κ1) is 21.2. The second-order valence-corrected chi connectivity index (χ2v) is 9.89. The maximum absolute atomic E-state index is 11.8. The van der Waals surface area contributed by atoms with Crippen molar-refractivity contribution in [3.8, 4) is 22.9 Å². The zero-order valence-corrected chi connectivity index (χ0v) is 20.1. The van der Waals surface area contributed by atoms with Gasteiger partial charge in [-0.2, -0.15) is 10.4 Å². The molecule has 0 saturated carbocycles. The Morgan fingerprint density at radius 1 is 1.24 bits per heavy atom. The number of pyridine rings is 1. The van der Waals surface area contributed by atoms with Crippen LogP contribution in [0.4, 0.5) is 5.69 Å². The van der Waals surface area contributed by atoms with Gasteiger partial charge in [0.2, 0.25) is 5.91 Å². The molecular weight excluding hydrogens is 496 g/mol. The van der Waals surface area contributed by atoms with Gasteiger partial charge in [-0.05, 0) is 45.8 Å². The molecule has 0 bridgehead atoms. The molecule has 172 valence electrons. The third kappa shape index (κ3) is 3.37. The number of hydrogen-bond donors (Lipinski definition) is 0. The van der Waals surface area contributed by atoms with Crippen molar-refractivity contribution in [2.45, 2.75) is 12.1 Å². The lowest BCUT2D eigenvalue weighted by Crippen LogP contribution is -2.67. The Bertz CT molecular complexity index is 1360. The minimum absolute atomic E-state index is 0.0150. The standard InChI is InChI=1S/C25H23BrN6O2/c1-2-24(33)30-12-19(13-30)29-5-6-31-20(14-29)15-34-23-7-16(3-4-22(23)31)21-8-18(26)11-32-25(21)17(9-27)10-28-32/h2-4,7-8,10-11,19-20H,1,5-6,12-15H2/t20-/m0/s1. The molecule has 1 aromatic carbocycles. The normalized spacial score (nSPS) is 20.2. The van der Waals surface area contributed by atoms with Crippen molar-refractivity contribution in [3.63, 3.8) is 0 Å². The van der Waals surface area contributed by atoms with Gasteiger partial charge in [-0.3, -0.25) is 9.69 Å². The van der Waals surface area contributed by atoms with Crippen LogP contribution in [0.3, 0.4) is 0 Å². The van der Waals surface area contributed by atoms with Gasteiger partial charge in [-0.25, -0.2) is 4.52 Å². The zero-order chi connectivity index (χ0) is 23.4. The highest BCUT2D eigenvalue weighted by molar-refractivity contribution is 9.10. The summed E-state index contributed by atoms with van der Waals surface area (Å²) in [5, 5.41) is 13.9. The summed E-state index contributed by atoms with van der Waals surface area (Å²) in [6.45, 7) is 8.57. The smallest absolute Gasteiger partial charge is 0.246 e. The highest BCUT2D eigenvalue weighted by Gasteiger charge is 2.40. The van der Waals surface area contributed by atoms with Crippen LogP contribution in [0.2, 0.25) is 0 Å². The minimum Gasteiger partial charge on any atom is -0.489 e. The van der Waals surface area contributed by atoms with E-state index in [1.165, 1.54) is 6.08 Å². The van der Waals surface area contributed by atoms with Crippen LogP contribution in [0.25, 0.3) is 16.6 Å². The van der Waals surface area contributed by atoms with Gasteiger partial charge >= 0.3 is 0 Å². The van der Waals surface area contributed by atoms with Crippen LogP contribution in [-0.2, 0) is 4.79 Å². The van der Waals surface area contributed by atoms with Crippen molar-refractivity contribution in [2.24, 2.45) is 0 Å². The van der Waals surface area contributed by atoms with E-state index in [1.807, 2.05) is 17.2 Å². The Kier molecular flexibility index (Phi) is 5.08. The number of carbonyl (C=O) groups is 1. The van der Waals surface area contributed by atoms with E-state index >= 15 is 0 Å². The molecule has 3 aliphatic rings. The zero-order valence-electron chi connectivity index (χ0n) is 18.5. The van der Waals surface area contributed by atoms with Gasteiger partial charge in [0, 0.05) is 55.0 Å². The van der Waals surface area contributed by atoms with Crippen LogP contribution in [0.1, 0.15) is 5.56 Å². The van der Waals surface area contributed by atoms with Crippen LogP contribution in [0, 0.1) is 11.3 Å². The Morgan fingerprint density at radius 3 is 2.88 bits per heavy atom. The number of piperazine rings is 1. The Balaban J connectivity index is 1.24. The molecule has 0 spiro atoms. The van der Waals surface area contributed by atoms with Crippen LogP contribution in [-0.4, -0.2) is 76.7 Å². The predicted molar refractivity (Wildman–Crippen MR) is 132 cm³/mol. The van der Waals surface area contributed by atoms with Crippen LogP contribution < -0.4 is 9.64 Å². The van der Waals surface area contributed by atoms with Crippen molar-refractivity contribution in [1.29, 1.82) is 5.26 Å². The minimum atomic E-state index is 0.0150. The molecule has 2 saturated heterocycles. The molecule has 2 fully saturated rings. The Hall–Kier alpha value is -3.35. The first-order chi connectivity index (χ1) is 16.6. The summed E-state index contributed by atoms with van der Waals surface area (Å²) < 4.78 is 8.87. The van der Waals surface area contributed by atoms with Gasteiger partial charge < -0.3 is 14.5 Å². The average Bonchev–Trinajstić information content (AvgIpc) is 3.24. The second kappa shape index (κ2) is 8.15.